The van der Waals surface area contributed by atoms with Gasteiger partial charge in [0, 0.05) is 35.6 Å². The monoisotopic (exact) mass is 472 g/mol. The van der Waals surface area contributed by atoms with Crippen molar-refractivity contribution in [3.63, 3.8) is 0 Å². The van der Waals surface area contributed by atoms with Crippen LogP contribution in [0, 0.1) is 13.8 Å². The summed E-state index contributed by atoms with van der Waals surface area (Å²) in [6, 6.07) is 12.3. The van der Waals surface area contributed by atoms with Crippen LogP contribution in [0.1, 0.15) is 34.1 Å². The SMILES string of the molecule is Cc1nc(COc2ccc(C(=O)NCCC(=O)Nc3cc(Br)ccc3C)cc2)no1. The zero-order chi connectivity index (χ0) is 21.5. The first kappa shape index (κ1) is 21.5. The van der Waals surface area contributed by atoms with Crippen LogP contribution in [0.25, 0.3) is 0 Å². The molecule has 0 atom stereocenters. The van der Waals surface area contributed by atoms with Crippen LogP contribution >= 0.6 is 15.9 Å². The number of anilines is 1. The lowest BCUT2D eigenvalue weighted by molar-refractivity contribution is -0.116. The summed E-state index contributed by atoms with van der Waals surface area (Å²) in [5, 5.41) is 9.34. The maximum Gasteiger partial charge on any atom is 0.251 e. The van der Waals surface area contributed by atoms with Crippen LogP contribution < -0.4 is 15.4 Å². The largest absolute Gasteiger partial charge is 0.485 e. The fourth-order valence-electron chi connectivity index (χ4n) is 2.58. The number of ether oxygens (including phenoxy) is 1. The van der Waals surface area contributed by atoms with E-state index in [-0.39, 0.29) is 31.4 Å². The molecular formula is C21H21BrN4O4. The summed E-state index contributed by atoms with van der Waals surface area (Å²) >= 11 is 3.38. The second-order valence-electron chi connectivity index (χ2n) is 6.56. The summed E-state index contributed by atoms with van der Waals surface area (Å²) < 4.78 is 11.3. The third-order valence-electron chi connectivity index (χ3n) is 4.17. The molecule has 3 aromatic rings. The topological polar surface area (TPSA) is 106 Å². The lowest BCUT2D eigenvalue weighted by Crippen LogP contribution is -2.27. The van der Waals surface area contributed by atoms with Gasteiger partial charge in [-0.25, -0.2) is 0 Å². The molecule has 0 saturated heterocycles. The van der Waals surface area contributed by atoms with Crippen molar-refractivity contribution in [3.8, 4) is 5.75 Å². The van der Waals surface area contributed by atoms with Crippen LogP contribution in [0.15, 0.2) is 51.5 Å². The number of amides is 2. The van der Waals surface area contributed by atoms with E-state index in [1.165, 1.54) is 0 Å². The smallest absolute Gasteiger partial charge is 0.251 e. The van der Waals surface area contributed by atoms with E-state index in [1.807, 2.05) is 25.1 Å². The van der Waals surface area contributed by atoms with E-state index in [9.17, 15) is 9.59 Å². The summed E-state index contributed by atoms with van der Waals surface area (Å²) in [7, 11) is 0. The van der Waals surface area contributed by atoms with Crippen molar-refractivity contribution in [1.82, 2.24) is 15.5 Å². The van der Waals surface area contributed by atoms with Crippen LogP contribution in [0.3, 0.4) is 0 Å². The number of carbonyl (C=O) groups is 2. The quantitative estimate of drug-likeness (QED) is 0.516. The molecule has 2 N–H and O–H groups in total. The first-order valence-electron chi connectivity index (χ1n) is 9.27. The Labute approximate surface area is 182 Å². The maximum absolute atomic E-state index is 12.3. The first-order valence-corrected chi connectivity index (χ1v) is 10.1. The molecule has 0 spiro atoms. The zero-order valence-electron chi connectivity index (χ0n) is 16.6. The lowest BCUT2D eigenvalue weighted by Gasteiger charge is -2.10. The summed E-state index contributed by atoms with van der Waals surface area (Å²) in [5.74, 6) is 1.07. The average Bonchev–Trinajstić information content (AvgIpc) is 3.14. The number of carbonyl (C=O) groups excluding carboxylic acids is 2. The number of nitrogens with zero attached hydrogens (tertiary/aromatic N) is 2. The summed E-state index contributed by atoms with van der Waals surface area (Å²) in [6.07, 6.45) is 0.170. The molecular weight excluding hydrogens is 452 g/mol. The molecule has 1 aromatic heterocycles. The molecule has 2 aromatic carbocycles. The van der Waals surface area contributed by atoms with Gasteiger partial charge in [0.1, 0.15) is 5.75 Å². The van der Waals surface area contributed by atoms with Gasteiger partial charge in [-0.3, -0.25) is 9.59 Å². The van der Waals surface area contributed by atoms with Gasteiger partial charge in [-0.2, -0.15) is 4.98 Å². The van der Waals surface area contributed by atoms with Gasteiger partial charge in [-0.1, -0.05) is 27.2 Å². The number of benzene rings is 2. The van der Waals surface area contributed by atoms with Gasteiger partial charge in [-0.15, -0.1) is 0 Å². The van der Waals surface area contributed by atoms with Gasteiger partial charge in [0.2, 0.25) is 17.6 Å². The first-order chi connectivity index (χ1) is 14.4. The second-order valence-corrected chi connectivity index (χ2v) is 7.47. The third kappa shape index (κ3) is 6.15. The van der Waals surface area contributed by atoms with Gasteiger partial charge in [0.05, 0.1) is 0 Å². The Kier molecular flexibility index (Phi) is 7.18. The van der Waals surface area contributed by atoms with Crippen LogP contribution in [0.2, 0.25) is 0 Å². The molecule has 3 rings (SSSR count). The molecule has 156 valence electrons. The van der Waals surface area contributed by atoms with Crippen LogP contribution in [-0.4, -0.2) is 28.5 Å². The molecule has 0 aliphatic heterocycles. The molecule has 0 saturated carbocycles. The van der Waals surface area contributed by atoms with Crippen LogP contribution in [0.5, 0.6) is 5.75 Å². The zero-order valence-corrected chi connectivity index (χ0v) is 18.2. The number of nitrogens with one attached hydrogen (secondary N) is 2. The van der Waals surface area contributed by atoms with Crippen molar-refractivity contribution < 1.29 is 18.8 Å². The molecule has 1 heterocycles. The minimum Gasteiger partial charge on any atom is -0.485 e. The van der Waals surface area contributed by atoms with Crippen LogP contribution in [0.4, 0.5) is 5.69 Å². The van der Waals surface area contributed by atoms with Crippen molar-refractivity contribution in [2.75, 3.05) is 11.9 Å². The molecule has 9 heteroatoms. The summed E-state index contributed by atoms with van der Waals surface area (Å²) in [6.45, 7) is 4.03. The lowest BCUT2D eigenvalue weighted by atomic mass is 10.2. The Bertz CT molecular complexity index is 1030. The number of aryl methyl sites for hydroxylation is 2. The van der Waals surface area contributed by atoms with E-state index in [4.69, 9.17) is 9.26 Å². The van der Waals surface area contributed by atoms with Crippen molar-refractivity contribution in [2.24, 2.45) is 0 Å². The molecule has 30 heavy (non-hydrogen) atoms. The van der Waals surface area contributed by atoms with Crippen molar-refractivity contribution in [1.29, 1.82) is 0 Å². The van der Waals surface area contributed by atoms with Crippen molar-refractivity contribution in [3.05, 3.63) is 69.8 Å². The summed E-state index contributed by atoms with van der Waals surface area (Å²) in [4.78, 5) is 28.4. The average molecular weight is 473 g/mol. The molecule has 0 bridgehead atoms. The minimum absolute atomic E-state index is 0.169. The minimum atomic E-state index is -0.262. The van der Waals surface area contributed by atoms with E-state index in [2.05, 4.69) is 36.7 Å². The van der Waals surface area contributed by atoms with Gasteiger partial charge in [0.25, 0.3) is 5.91 Å². The van der Waals surface area contributed by atoms with E-state index < -0.39 is 0 Å². The Morgan fingerprint density at radius 1 is 1.13 bits per heavy atom. The fraction of sp³-hybridized carbons (Fsp3) is 0.238. The highest BCUT2D eigenvalue weighted by Gasteiger charge is 2.09. The number of hydrogen-bond donors (Lipinski definition) is 2. The molecule has 0 aliphatic carbocycles. The molecule has 0 fully saturated rings. The predicted octanol–water partition coefficient (Wildman–Crippen LogP) is 3.79. The predicted molar refractivity (Wildman–Crippen MR) is 114 cm³/mol. The Balaban J connectivity index is 1.43. The normalized spacial score (nSPS) is 10.5. The summed E-state index contributed by atoms with van der Waals surface area (Å²) in [5.41, 5.74) is 2.18. The maximum atomic E-state index is 12.3. The molecule has 0 unspecified atom stereocenters. The second kappa shape index (κ2) is 10.0. The van der Waals surface area contributed by atoms with Gasteiger partial charge in [0.15, 0.2) is 6.61 Å². The highest BCUT2D eigenvalue weighted by Crippen LogP contribution is 2.20. The molecule has 0 aliphatic rings. The standard InChI is InChI=1S/C21H21BrN4O4/c1-13-3-6-16(22)11-18(13)25-20(27)9-10-23-21(28)15-4-7-17(8-5-15)29-12-19-24-14(2)30-26-19/h3-8,11H,9-10,12H2,1-2H3,(H,23,28)(H,25,27). The molecule has 0 radical (unpaired) electrons. The van der Waals surface area contributed by atoms with Gasteiger partial charge in [-0.05, 0) is 48.9 Å². The number of rotatable bonds is 8. The Morgan fingerprint density at radius 2 is 1.90 bits per heavy atom. The van der Waals surface area contributed by atoms with Crippen molar-refractivity contribution in [2.45, 2.75) is 26.9 Å². The van der Waals surface area contributed by atoms with Gasteiger partial charge >= 0.3 is 0 Å². The number of aromatic nitrogens is 2. The number of halogens is 1. The van der Waals surface area contributed by atoms with E-state index in [0.717, 1.165) is 15.7 Å². The van der Waals surface area contributed by atoms with Crippen LogP contribution in [-0.2, 0) is 11.4 Å². The Morgan fingerprint density at radius 3 is 2.60 bits per heavy atom. The van der Waals surface area contributed by atoms with E-state index in [0.29, 0.717) is 23.0 Å². The fourth-order valence-corrected chi connectivity index (χ4v) is 2.94. The number of hydrogen-bond acceptors (Lipinski definition) is 6. The highest BCUT2D eigenvalue weighted by molar-refractivity contribution is 9.10. The molecule has 8 nitrogen and oxygen atoms in total. The van der Waals surface area contributed by atoms with E-state index in [1.54, 1.807) is 31.2 Å². The molecule has 2 amide bonds. The van der Waals surface area contributed by atoms with Crippen molar-refractivity contribution >= 4 is 33.4 Å². The third-order valence-corrected chi connectivity index (χ3v) is 4.66. The highest BCUT2D eigenvalue weighted by atomic mass is 79.9. The Hall–Kier alpha value is -3.20. The van der Waals surface area contributed by atoms with Gasteiger partial charge < -0.3 is 19.9 Å². The van der Waals surface area contributed by atoms with E-state index >= 15 is 0 Å².